The van der Waals surface area contributed by atoms with Gasteiger partial charge >= 0.3 is 5.97 Å². The molecule has 0 aliphatic rings. The predicted molar refractivity (Wildman–Crippen MR) is 291 cm³/mol. The van der Waals surface area contributed by atoms with Crippen LogP contribution < -0.4 is 0 Å². The summed E-state index contributed by atoms with van der Waals surface area (Å²) in [6.07, 6.45) is 1.45. The topological polar surface area (TPSA) is 85.8 Å². The largest absolute Gasteiger partial charge is 0.477 e. The molecule has 0 aliphatic carbocycles. The Bertz CT molecular complexity index is 3960. The van der Waals surface area contributed by atoms with E-state index in [-0.39, 0.29) is 37.4 Å². The van der Waals surface area contributed by atoms with Gasteiger partial charge in [0.05, 0.1) is 33.7 Å². The number of aromatic nitrogens is 5. The van der Waals surface area contributed by atoms with Crippen molar-refractivity contribution in [2.45, 2.75) is 27.7 Å². The van der Waals surface area contributed by atoms with E-state index < -0.39 is 5.97 Å². The second-order valence-electron chi connectivity index (χ2n) is 18.2. The quantitative estimate of drug-likeness (QED) is 0.137. The Morgan fingerprint density at radius 3 is 1.14 bits per heavy atom. The molecule has 0 aliphatic heterocycles. The fraction of sp³-hybridized carbons (Fsp3) is 0.0625. The van der Waals surface area contributed by atoms with Gasteiger partial charge in [0.1, 0.15) is 5.69 Å². The van der Waals surface area contributed by atoms with Gasteiger partial charge in [-0.3, -0.25) is 18.7 Å². The molecule has 0 saturated heterocycles. The van der Waals surface area contributed by atoms with Crippen molar-refractivity contribution >= 4 is 71.1 Å². The standard InChI is InChI=1S/2C29H20FN2.C6H5NO2.Ir/c2*1-18-15-19(2)17-22(16-18)32-28-26-10-6-4-8-24(26)23-7-3-5-9-25(23)27(28)31-29(32)20-11-13-21(30)14-12-20;8-6(9)5-3-1-2-4-7-5;/h2*3-11,13-17H,1-2H3;1-4H,(H,8,9);/q2*-1;;. The number of imidazole rings is 2. The van der Waals surface area contributed by atoms with Crippen LogP contribution in [0.2, 0.25) is 0 Å². The van der Waals surface area contributed by atoms with Gasteiger partial charge in [-0.25, -0.2) is 9.78 Å². The van der Waals surface area contributed by atoms with Crippen molar-refractivity contribution in [3.05, 3.63) is 246 Å². The van der Waals surface area contributed by atoms with E-state index >= 15 is 0 Å². The zero-order chi connectivity index (χ0) is 50.3. The fourth-order valence-corrected chi connectivity index (χ4v) is 10.0. The summed E-state index contributed by atoms with van der Waals surface area (Å²) in [4.78, 5) is 24.0. The predicted octanol–water partition coefficient (Wildman–Crippen LogP) is 15.9. The van der Waals surface area contributed by atoms with E-state index in [1.807, 2.05) is 0 Å². The van der Waals surface area contributed by atoms with Crippen molar-refractivity contribution in [2.24, 2.45) is 0 Å². The van der Waals surface area contributed by atoms with Gasteiger partial charge in [0.15, 0.2) is 0 Å². The molecule has 0 saturated carbocycles. The number of carboxylic acids is 1. The maximum absolute atomic E-state index is 13.7. The molecule has 0 amide bonds. The molecule has 13 rings (SSSR count). The van der Waals surface area contributed by atoms with Crippen molar-refractivity contribution < 1.29 is 38.8 Å². The third-order valence-corrected chi connectivity index (χ3v) is 12.9. The number of benzene rings is 10. The number of halogens is 2. The maximum Gasteiger partial charge on any atom is 0.354 e. The van der Waals surface area contributed by atoms with Gasteiger partial charge in [0, 0.05) is 70.9 Å². The van der Waals surface area contributed by atoms with Crippen LogP contribution >= 0.6 is 0 Å². The Balaban J connectivity index is 0.000000143. The van der Waals surface area contributed by atoms with E-state index in [1.165, 1.54) is 80.3 Å². The van der Waals surface area contributed by atoms with Crippen molar-refractivity contribution in [1.29, 1.82) is 0 Å². The van der Waals surface area contributed by atoms with Crippen LogP contribution in [0, 0.1) is 51.5 Å². The van der Waals surface area contributed by atoms with Gasteiger partial charge in [-0.2, -0.15) is 0 Å². The average Bonchev–Trinajstić information content (AvgIpc) is 4.03. The molecule has 0 bridgehead atoms. The Morgan fingerprint density at radius 1 is 0.459 bits per heavy atom. The van der Waals surface area contributed by atoms with Gasteiger partial charge in [-0.15, -0.1) is 59.7 Å². The molecular weight excluding hydrogens is 1100 g/mol. The Hall–Kier alpha value is -8.69. The van der Waals surface area contributed by atoms with Gasteiger partial charge in [-0.05, 0) is 108 Å². The minimum atomic E-state index is -0.990. The number of carboxylic acid groups (broad SMARTS) is 1. The number of nitrogens with zero attached hydrogens (tertiary/aromatic N) is 5. The van der Waals surface area contributed by atoms with Crippen LogP contribution in [0.3, 0.4) is 0 Å². The average molecular weight is 1150 g/mol. The minimum Gasteiger partial charge on any atom is -0.477 e. The normalized spacial score (nSPS) is 11.1. The van der Waals surface area contributed by atoms with Crippen LogP contribution in [0.4, 0.5) is 8.78 Å². The first-order chi connectivity index (χ1) is 35.5. The Kier molecular flexibility index (Phi) is 13.5. The fourth-order valence-electron chi connectivity index (χ4n) is 10.0. The number of fused-ring (bicyclic) bond motifs is 12. The van der Waals surface area contributed by atoms with Crippen molar-refractivity contribution in [1.82, 2.24) is 24.1 Å². The Morgan fingerprint density at radius 2 is 0.811 bits per heavy atom. The molecule has 0 fully saturated rings. The van der Waals surface area contributed by atoms with Gasteiger partial charge in [-0.1, -0.05) is 115 Å². The summed E-state index contributed by atoms with van der Waals surface area (Å²) in [7, 11) is 0. The minimum absolute atomic E-state index is 0. The number of hydrogen-bond acceptors (Lipinski definition) is 4. The number of aromatic carboxylic acids is 1. The second-order valence-corrected chi connectivity index (χ2v) is 18.2. The SMILES string of the molecule is Cc1cc(C)cc(-n2c(-c3[c-]cc(F)cc3)nc3c4ccccc4c4ccccc4c32)c1.Cc1cc(C)cc(-n2c(-c3[c-]cc(F)cc3)nc3c4ccccc4c4ccccc4c32)c1.O=C(O)c1ccccn1.[Ir]. The molecule has 3 aromatic heterocycles. The second kappa shape index (κ2) is 20.4. The van der Waals surface area contributed by atoms with E-state index in [9.17, 15) is 13.6 Å². The number of pyridine rings is 1. The summed E-state index contributed by atoms with van der Waals surface area (Å²) < 4.78 is 31.8. The Labute approximate surface area is 439 Å². The molecule has 0 spiro atoms. The zero-order valence-corrected chi connectivity index (χ0v) is 43.1. The van der Waals surface area contributed by atoms with E-state index in [4.69, 9.17) is 15.1 Å². The van der Waals surface area contributed by atoms with Crippen LogP contribution in [-0.4, -0.2) is 35.2 Å². The molecule has 1 N–H and O–H groups in total. The smallest absolute Gasteiger partial charge is 0.354 e. The van der Waals surface area contributed by atoms with E-state index in [2.05, 4.69) is 187 Å². The van der Waals surface area contributed by atoms with Gasteiger partial charge in [0.25, 0.3) is 0 Å². The molecule has 1 radical (unpaired) electrons. The van der Waals surface area contributed by atoms with E-state index in [0.717, 1.165) is 77.8 Å². The first-order valence-corrected chi connectivity index (χ1v) is 23.8. The van der Waals surface area contributed by atoms with Crippen molar-refractivity contribution in [2.75, 3.05) is 0 Å². The van der Waals surface area contributed by atoms with Crippen molar-refractivity contribution in [3.8, 4) is 34.2 Å². The molecule has 13 aromatic rings. The molecule has 10 aromatic carbocycles. The molecule has 7 nitrogen and oxygen atoms in total. The van der Waals surface area contributed by atoms with Crippen molar-refractivity contribution in [3.63, 3.8) is 0 Å². The molecular formula is C64H45F2IrN5O2-2. The van der Waals surface area contributed by atoms with Crippen LogP contribution in [0.25, 0.3) is 99.3 Å². The van der Waals surface area contributed by atoms with Crippen LogP contribution in [-0.2, 0) is 20.1 Å². The zero-order valence-electron chi connectivity index (χ0n) is 40.7. The van der Waals surface area contributed by atoms with E-state index in [1.54, 1.807) is 24.3 Å². The van der Waals surface area contributed by atoms with Gasteiger partial charge < -0.3 is 14.2 Å². The van der Waals surface area contributed by atoms with E-state index in [0.29, 0.717) is 0 Å². The molecule has 10 heteroatoms. The number of rotatable bonds is 5. The number of aryl methyl sites for hydroxylation is 4. The van der Waals surface area contributed by atoms with Gasteiger partial charge in [0.2, 0.25) is 0 Å². The summed E-state index contributed by atoms with van der Waals surface area (Å²) in [6, 6.07) is 66.9. The number of carbonyl (C=O) groups is 1. The number of hydrogen-bond donors (Lipinski definition) is 1. The maximum atomic E-state index is 13.7. The third-order valence-electron chi connectivity index (χ3n) is 12.9. The summed E-state index contributed by atoms with van der Waals surface area (Å²) in [5, 5.41) is 17.5. The molecule has 0 unspecified atom stereocenters. The summed E-state index contributed by atoms with van der Waals surface area (Å²) in [5.41, 5.74) is 12.4. The van der Waals surface area contributed by atoms with Crippen LogP contribution in [0.15, 0.2) is 194 Å². The summed E-state index contributed by atoms with van der Waals surface area (Å²) in [6.45, 7) is 8.42. The first kappa shape index (κ1) is 48.9. The third kappa shape index (κ3) is 9.22. The summed E-state index contributed by atoms with van der Waals surface area (Å²) in [5.74, 6) is -0.0916. The summed E-state index contributed by atoms with van der Waals surface area (Å²) >= 11 is 0. The molecule has 363 valence electrons. The molecule has 0 atom stereocenters. The molecule has 3 heterocycles. The van der Waals surface area contributed by atoms with Crippen LogP contribution in [0.1, 0.15) is 32.7 Å². The molecule has 74 heavy (non-hydrogen) atoms. The van der Waals surface area contributed by atoms with Crippen LogP contribution in [0.5, 0.6) is 0 Å². The first-order valence-electron chi connectivity index (χ1n) is 23.8. The monoisotopic (exact) mass is 1150 g/mol.